The van der Waals surface area contributed by atoms with E-state index in [1.807, 2.05) is 0 Å². The molecule has 3 aliphatic rings. The monoisotopic (exact) mass is 739 g/mol. The molecule has 1 heteroatoms. The zero-order valence-corrected chi connectivity index (χ0v) is 32.3. The van der Waals surface area contributed by atoms with Crippen LogP contribution < -0.4 is 4.90 Å². The maximum atomic E-state index is 2.56. The average molecular weight is 740 g/mol. The molecule has 0 atom stereocenters. The zero-order chi connectivity index (χ0) is 38.2. The second-order valence-electron chi connectivity index (χ2n) is 16.3. The normalized spacial score (nSPS) is 14.1. The van der Waals surface area contributed by atoms with Gasteiger partial charge in [0.05, 0.1) is 11.1 Å². The summed E-state index contributed by atoms with van der Waals surface area (Å²) in [5.41, 5.74) is 21.7. The van der Waals surface area contributed by atoms with Gasteiger partial charge in [0.25, 0.3) is 0 Å². The summed E-state index contributed by atoms with van der Waals surface area (Å²) < 4.78 is 0. The first-order valence-corrected chi connectivity index (χ1v) is 20.8. The molecule has 0 radical (unpaired) electrons. The van der Waals surface area contributed by atoms with Gasteiger partial charge in [0.2, 0.25) is 0 Å². The SMILES string of the molecule is c1ccc(N(c2ccc(-c3ccc4ccccc4c3)cc2)c2cc3c(cc2-c2ccc4c(c2)CCCC4)-c2ccccc2C32c3ccccc3-c3ccccc32)cc1. The van der Waals surface area contributed by atoms with Crippen molar-refractivity contribution >= 4 is 27.8 Å². The summed E-state index contributed by atoms with van der Waals surface area (Å²) in [7, 11) is 0. The van der Waals surface area contributed by atoms with E-state index in [4.69, 9.17) is 0 Å². The first-order chi connectivity index (χ1) is 28.8. The molecule has 3 aliphatic carbocycles. The van der Waals surface area contributed by atoms with Crippen molar-refractivity contribution < 1.29 is 0 Å². The summed E-state index contributed by atoms with van der Waals surface area (Å²) >= 11 is 0. The van der Waals surface area contributed by atoms with E-state index in [1.54, 1.807) is 0 Å². The molecule has 0 unspecified atom stereocenters. The van der Waals surface area contributed by atoms with Crippen molar-refractivity contribution in [1.82, 2.24) is 0 Å². The van der Waals surface area contributed by atoms with Crippen LogP contribution in [0.25, 0.3) is 55.3 Å². The molecular weight excluding hydrogens is 699 g/mol. The van der Waals surface area contributed by atoms with Crippen LogP contribution in [0, 0.1) is 0 Å². The summed E-state index contributed by atoms with van der Waals surface area (Å²) in [6.45, 7) is 0. The van der Waals surface area contributed by atoms with Gasteiger partial charge >= 0.3 is 0 Å². The molecule has 0 saturated heterocycles. The van der Waals surface area contributed by atoms with Gasteiger partial charge < -0.3 is 4.90 Å². The summed E-state index contributed by atoms with van der Waals surface area (Å²) in [5.74, 6) is 0. The number of nitrogens with zero attached hydrogens (tertiary/aromatic N) is 1. The number of para-hydroxylation sites is 1. The molecule has 0 amide bonds. The van der Waals surface area contributed by atoms with Crippen LogP contribution in [0.1, 0.15) is 46.2 Å². The Hall–Kier alpha value is -6.96. The Labute approximate surface area is 340 Å². The third-order valence-electron chi connectivity index (χ3n) is 13.2. The van der Waals surface area contributed by atoms with Gasteiger partial charge in [0.15, 0.2) is 0 Å². The molecule has 1 nitrogen and oxygen atoms in total. The van der Waals surface area contributed by atoms with Gasteiger partial charge in [-0.2, -0.15) is 0 Å². The molecule has 0 heterocycles. The highest BCUT2D eigenvalue weighted by atomic mass is 15.1. The van der Waals surface area contributed by atoms with Crippen LogP contribution in [0.4, 0.5) is 17.1 Å². The van der Waals surface area contributed by atoms with Crippen LogP contribution in [-0.4, -0.2) is 0 Å². The van der Waals surface area contributed by atoms with Gasteiger partial charge in [-0.25, -0.2) is 0 Å². The van der Waals surface area contributed by atoms with Crippen LogP contribution in [0.5, 0.6) is 0 Å². The Kier molecular flexibility index (Phi) is 7.47. The predicted molar refractivity (Wildman–Crippen MR) is 242 cm³/mol. The lowest BCUT2D eigenvalue weighted by Gasteiger charge is -2.33. The molecule has 0 fully saturated rings. The van der Waals surface area contributed by atoms with Crippen LogP contribution in [0.3, 0.4) is 0 Å². The Morgan fingerprint density at radius 1 is 0.328 bits per heavy atom. The van der Waals surface area contributed by atoms with E-state index < -0.39 is 5.41 Å². The smallest absolute Gasteiger partial charge is 0.0726 e. The van der Waals surface area contributed by atoms with Crippen molar-refractivity contribution in [3.05, 3.63) is 234 Å². The zero-order valence-electron chi connectivity index (χ0n) is 32.3. The van der Waals surface area contributed by atoms with Crippen molar-refractivity contribution in [3.63, 3.8) is 0 Å². The number of benzene rings is 9. The minimum atomic E-state index is -0.440. The van der Waals surface area contributed by atoms with Gasteiger partial charge in [0.1, 0.15) is 0 Å². The molecule has 274 valence electrons. The van der Waals surface area contributed by atoms with Crippen molar-refractivity contribution in [2.45, 2.75) is 31.1 Å². The highest BCUT2D eigenvalue weighted by Gasteiger charge is 2.52. The number of aryl methyl sites for hydroxylation is 2. The minimum Gasteiger partial charge on any atom is -0.310 e. The first kappa shape index (κ1) is 33.2. The number of hydrogen-bond donors (Lipinski definition) is 0. The van der Waals surface area contributed by atoms with E-state index in [0.717, 1.165) is 17.8 Å². The van der Waals surface area contributed by atoms with Crippen LogP contribution in [0.2, 0.25) is 0 Å². The number of hydrogen-bond acceptors (Lipinski definition) is 1. The van der Waals surface area contributed by atoms with Crippen LogP contribution in [-0.2, 0) is 18.3 Å². The molecule has 0 saturated carbocycles. The van der Waals surface area contributed by atoms with E-state index >= 15 is 0 Å². The summed E-state index contributed by atoms with van der Waals surface area (Å²) in [4.78, 5) is 2.50. The maximum Gasteiger partial charge on any atom is 0.0726 e. The third kappa shape index (κ3) is 4.90. The molecule has 1 spiro atoms. The summed E-state index contributed by atoms with van der Waals surface area (Å²) in [5, 5.41) is 2.52. The Morgan fingerprint density at radius 2 is 0.879 bits per heavy atom. The van der Waals surface area contributed by atoms with Gasteiger partial charge in [-0.15, -0.1) is 0 Å². The Bertz CT molecular complexity index is 3020. The van der Waals surface area contributed by atoms with Gasteiger partial charge in [-0.1, -0.05) is 158 Å². The fourth-order valence-electron chi connectivity index (χ4n) is 10.6. The standard InChI is InChI=1S/C57H41N/c1-2-18-45(19-3-1)58(46-32-30-40(31-33-46)43-28-26-38-14-4-6-16-41(38)34-43)56-37-55-51(36-50(56)44-29-27-39-15-5-7-17-42(39)35-44)49-22-10-13-25-54(49)57(55)52-23-11-8-20-47(52)48-21-9-12-24-53(48)57/h1-4,6,8-14,16,18-37H,5,7,15,17H2. The van der Waals surface area contributed by atoms with Gasteiger partial charge in [-0.05, 0) is 151 Å². The van der Waals surface area contributed by atoms with Crippen LogP contribution in [0.15, 0.2) is 200 Å². The summed E-state index contributed by atoms with van der Waals surface area (Å²) in [6.07, 6.45) is 4.83. The molecule has 0 aromatic heterocycles. The van der Waals surface area contributed by atoms with Gasteiger partial charge in [-0.3, -0.25) is 0 Å². The molecule has 12 rings (SSSR count). The molecule has 9 aromatic carbocycles. The van der Waals surface area contributed by atoms with Crippen LogP contribution >= 0.6 is 0 Å². The quantitative estimate of drug-likeness (QED) is 0.170. The molecule has 0 N–H and O–H groups in total. The number of anilines is 3. The second kappa shape index (κ2) is 13.0. The van der Waals surface area contributed by atoms with E-state index in [-0.39, 0.29) is 0 Å². The fraction of sp³-hybridized carbons (Fsp3) is 0.0877. The minimum absolute atomic E-state index is 0.440. The highest BCUT2D eigenvalue weighted by Crippen LogP contribution is 2.64. The molecule has 0 aliphatic heterocycles. The fourth-order valence-corrected chi connectivity index (χ4v) is 10.6. The molecular formula is C57H41N. The van der Waals surface area contributed by atoms with Crippen molar-refractivity contribution in [1.29, 1.82) is 0 Å². The second-order valence-corrected chi connectivity index (χ2v) is 16.3. The lowest BCUT2D eigenvalue weighted by atomic mass is 9.70. The highest BCUT2D eigenvalue weighted by molar-refractivity contribution is 6.00. The summed E-state index contributed by atoms with van der Waals surface area (Å²) in [6, 6.07) is 75.4. The van der Waals surface area contributed by atoms with Gasteiger partial charge in [0, 0.05) is 16.9 Å². The van der Waals surface area contributed by atoms with E-state index in [2.05, 4.69) is 205 Å². The Morgan fingerprint density at radius 3 is 1.59 bits per heavy atom. The van der Waals surface area contributed by atoms with Crippen molar-refractivity contribution in [2.75, 3.05) is 4.90 Å². The third-order valence-corrected chi connectivity index (χ3v) is 13.2. The lowest BCUT2D eigenvalue weighted by Crippen LogP contribution is -2.26. The average Bonchev–Trinajstić information content (AvgIpc) is 3.76. The largest absolute Gasteiger partial charge is 0.310 e. The van der Waals surface area contributed by atoms with E-state index in [9.17, 15) is 0 Å². The molecule has 0 bridgehead atoms. The lowest BCUT2D eigenvalue weighted by molar-refractivity contribution is 0.686. The maximum absolute atomic E-state index is 2.56. The van der Waals surface area contributed by atoms with E-state index in [0.29, 0.717) is 0 Å². The predicted octanol–water partition coefficient (Wildman–Crippen LogP) is 14.9. The topological polar surface area (TPSA) is 3.24 Å². The molecule has 9 aromatic rings. The van der Waals surface area contributed by atoms with Crippen molar-refractivity contribution in [2.24, 2.45) is 0 Å². The Balaban J connectivity index is 1.13. The number of fused-ring (bicyclic) bond motifs is 12. The van der Waals surface area contributed by atoms with Crippen molar-refractivity contribution in [3.8, 4) is 44.5 Å². The molecule has 58 heavy (non-hydrogen) atoms. The van der Waals surface area contributed by atoms with E-state index in [1.165, 1.54) is 114 Å². The first-order valence-electron chi connectivity index (χ1n) is 20.8. The number of rotatable bonds is 5.